The second-order valence-corrected chi connectivity index (χ2v) is 8.97. The Bertz CT molecular complexity index is 527. The van der Waals surface area contributed by atoms with Gasteiger partial charge in [0.25, 0.3) is 0 Å². The van der Waals surface area contributed by atoms with Gasteiger partial charge in [-0.15, -0.1) is 0 Å². The molecule has 4 rings (SSSR count). The van der Waals surface area contributed by atoms with Crippen LogP contribution < -0.4 is 0 Å². The molecule has 0 amide bonds. The second-order valence-electron chi connectivity index (χ2n) is 8.97. The molecule has 4 aliphatic carbocycles. The van der Waals surface area contributed by atoms with Crippen LogP contribution >= 0.6 is 0 Å². The van der Waals surface area contributed by atoms with Gasteiger partial charge in [0.1, 0.15) is 11.6 Å². The van der Waals surface area contributed by atoms with Crippen molar-refractivity contribution in [1.29, 1.82) is 0 Å². The predicted molar refractivity (Wildman–Crippen MR) is 83.1 cm³/mol. The molecular weight excluding hydrogens is 276 g/mol. The number of rotatable bonds is 0. The quantitative estimate of drug-likeness (QED) is 0.748. The number of carbonyl (C=O) groups is 2. The van der Waals surface area contributed by atoms with E-state index in [1.54, 1.807) is 0 Å². The van der Waals surface area contributed by atoms with Crippen LogP contribution in [-0.2, 0) is 9.59 Å². The zero-order valence-corrected chi connectivity index (χ0v) is 13.8. The lowest BCUT2D eigenvalue weighted by atomic mass is 9.44. The topological polar surface area (TPSA) is 54.4 Å². The van der Waals surface area contributed by atoms with Crippen LogP contribution in [0.1, 0.15) is 65.2 Å². The zero-order chi connectivity index (χ0) is 15.7. The molecule has 4 saturated carbocycles. The van der Waals surface area contributed by atoms with Gasteiger partial charge in [0.15, 0.2) is 0 Å². The van der Waals surface area contributed by atoms with Crippen molar-refractivity contribution in [1.82, 2.24) is 0 Å². The van der Waals surface area contributed by atoms with E-state index in [1.165, 1.54) is 0 Å². The van der Waals surface area contributed by atoms with Gasteiger partial charge < -0.3 is 5.11 Å². The van der Waals surface area contributed by atoms with Crippen LogP contribution in [0.4, 0.5) is 0 Å². The zero-order valence-electron chi connectivity index (χ0n) is 13.8. The first kappa shape index (κ1) is 14.9. The summed E-state index contributed by atoms with van der Waals surface area (Å²) in [5, 5.41) is 11.0. The molecule has 0 radical (unpaired) electrons. The minimum Gasteiger partial charge on any atom is -0.393 e. The molecule has 0 aromatic heterocycles. The van der Waals surface area contributed by atoms with Crippen molar-refractivity contribution in [3.05, 3.63) is 0 Å². The molecule has 0 heterocycles. The fourth-order valence-corrected chi connectivity index (χ4v) is 6.94. The molecule has 4 unspecified atom stereocenters. The standard InChI is InChI=1S/C19H28O3/c1-18-8-7-12(20)9-11(18)3-4-13-14-5-6-16(22)19(14,2)10-15(21)17(13)18/h11,13-15,17,21H,3-10H2,1-2H3/t11?,13?,14?,15-,17?,18-,19-/m0/s1. The molecular formula is C19H28O3. The molecule has 0 bridgehead atoms. The van der Waals surface area contributed by atoms with E-state index in [4.69, 9.17) is 0 Å². The lowest BCUT2D eigenvalue weighted by molar-refractivity contribution is -0.171. The summed E-state index contributed by atoms with van der Waals surface area (Å²) in [6, 6.07) is 0. The van der Waals surface area contributed by atoms with E-state index in [-0.39, 0.29) is 16.9 Å². The molecule has 3 heteroatoms. The van der Waals surface area contributed by atoms with Crippen molar-refractivity contribution in [3.8, 4) is 0 Å². The second kappa shape index (κ2) is 4.66. The third-order valence-electron chi connectivity index (χ3n) is 8.12. The molecule has 7 atom stereocenters. The van der Waals surface area contributed by atoms with Gasteiger partial charge in [0.2, 0.25) is 0 Å². The van der Waals surface area contributed by atoms with Crippen LogP contribution in [0.5, 0.6) is 0 Å². The van der Waals surface area contributed by atoms with Crippen LogP contribution in [0.25, 0.3) is 0 Å². The average Bonchev–Trinajstić information content (AvgIpc) is 2.75. The first-order valence-electron chi connectivity index (χ1n) is 9.09. The number of hydrogen-bond acceptors (Lipinski definition) is 3. The summed E-state index contributed by atoms with van der Waals surface area (Å²) in [6.45, 7) is 4.43. The highest BCUT2D eigenvalue weighted by Crippen LogP contribution is 2.65. The number of Topliss-reactive ketones (excluding diaryl/α,β-unsaturated/α-hetero) is 2. The monoisotopic (exact) mass is 304 g/mol. The molecule has 3 nitrogen and oxygen atoms in total. The molecule has 122 valence electrons. The van der Waals surface area contributed by atoms with Crippen molar-refractivity contribution in [2.75, 3.05) is 0 Å². The Morgan fingerprint density at radius 1 is 1.09 bits per heavy atom. The van der Waals surface area contributed by atoms with E-state index in [9.17, 15) is 14.7 Å². The number of aliphatic hydroxyl groups excluding tert-OH is 1. The Hall–Kier alpha value is -0.700. The van der Waals surface area contributed by atoms with Crippen molar-refractivity contribution in [2.24, 2.45) is 34.5 Å². The van der Waals surface area contributed by atoms with Crippen molar-refractivity contribution in [3.63, 3.8) is 0 Å². The van der Waals surface area contributed by atoms with E-state index in [2.05, 4.69) is 13.8 Å². The van der Waals surface area contributed by atoms with E-state index < -0.39 is 0 Å². The molecule has 1 N–H and O–H groups in total. The van der Waals surface area contributed by atoms with E-state index in [1.807, 2.05) is 0 Å². The number of carbonyl (C=O) groups excluding carboxylic acids is 2. The van der Waals surface area contributed by atoms with E-state index >= 15 is 0 Å². The fourth-order valence-electron chi connectivity index (χ4n) is 6.94. The Balaban J connectivity index is 1.70. The maximum absolute atomic E-state index is 12.4. The SMILES string of the molecule is C[C@]12CCC(=O)CC1CCC1C2[C@@H](O)C[C@]2(C)C(=O)CCC12. The van der Waals surface area contributed by atoms with Gasteiger partial charge in [0, 0.05) is 24.7 Å². The van der Waals surface area contributed by atoms with Gasteiger partial charge in [-0.1, -0.05) is 13.8 Å². The number of ketones is 2. The van der Waals surface area contributed by atoms with Crippen LogP contribution in [0.15, 0.2) is 0 Å². The Kier molecular flexibility index (Phi) is 3.15. The molecule has 4 fully saturated rings. The minimum absolute atomic E-state index is 0.100. The predicted octanol–water partition coefficient (Wildman–Crippen LogP) is 3.14. The molecule has 0 spiro atoms. The van der Waals surface area contributed by atoms with Crippen molar-refractivity contribution in [2.45, 2.75) is 71.3 Å². The highest BCUT2D eigenvalue weighted by molar-refractivity contribution is 5.87. The van der Waals surface area contributed by atoms with Crippen LogP contribution in [0.3, 0.4) is 0 Å². The summed E-state index contributed by atoms with van der Waals surface area (Å²) in [5.74, 6) is 2.47. The summed E-state index contributed by atoms with van der Waals surface area (Å²) < 4.78 is 0. The Morgan fingerprint density at radius 2 is 1.86 bits per heavy atom. The van der Waals surface area contributed by atoms with Crippen LogP contribution in [-0.4, -0.2) is 22.8 Å². The largest absolute Gasteiger partial charge is 0.393 e. The van der Waals surface area contributed by atoms with Crippen molar-refractivity contribution < 1.29 is 14.7 Å². The Morgan fingerprint density at radius 3 is 2.64 bits per heavy atom. The lowest BCUT2D eigenvalue weighted by Crippen LogP contribution is -2.58. The number of aliphatic hydroxyl groups is 1. The molecule has 4 aliphatic rings. The lowest BCUT2D eigenvalue weighted by Gasteiger charge is -2.60. The third kappa shape index (κ3) is 1.78. The number of hydrogen-bond donors (Lipinski definition) is 1. The van der Waals surface area contributed by atoms with Gasteiger partial charge in [0.05, 0.1) is 6.10 Å². The first-order chi connectivity index (χ1) is 10.4. The van der Waals surface area contributed by atoms with E-state index in [0.717, 1.165) is 25.7 Å². The van der Waals surface area contributed by atoms with Gasteiger partial charge in [-0.05, 0) is 61.2 Å². The number of fused-ring (bicyclic) bond motifs is 5. The summed E-state index contributed by atoms with van der Waals surface area (Å²) >= 11 is 0. The summed E-state index contributed by atoms with van der Waals surface area (Å²) in [7, 11) is 0. The first-order valence-corrected chi connectivity index (χ1v) is 9.09. The molecule has 0 aromatic carbocycles. The maximum atomic E-state index is 12.4. The smallest absolute Gasteiger partial charge is 0.139 e. The highest BCUT2D eigenvalue weighted by Gasteiger charge is 2.63. The van der Waals surface area contributed by atoms with E-state index in [0.29, 0.717) is 60.9 Å². The minimum atomic E-state index is -0.366. The van der Waals surface area contributed by atoms with Gasteiger partial charge in [-0.25, -0.2) is 0 Å². The molecule has 0 saturated heterocycles. The van der Waals surface area contributed by atoms with Crippen LogP contribution in [0.2, 0.25) is 0 Å². The van der Waals surface area contributed by atoms with Gasteiger partial charge in [-0.2, -0.15) is 0 Å². The van der Waals surface area contributed by atoms with Gasteiger partial charge in [-0.3, -0.25) is 9.59 Å². The summed E-state index contributed by atoms with van der Waals surface area (Å²) in [6.07, 6.45) is 6.55. The molecule has 0 aromatic rings. The highest BCUT2D eigenvalue weighted by atomic mass is 16.3. The summed E-state index contributed by atoms with van der Waals surface area (Å²) in [5.41, 5.74) is -0.183. The molecule has 22 heavy (non-hydrogen) atoms. The fraction of sp³-hybridized carbons (Fsp3) is 0.895. The average molecular weight is 304 g/mol. The Labute approximate surface area is 132 Å². The van der Waals surface area contributed by atoms with Crippen LogP contribution in [0, 0.1) is 34.5 Å². The third-order valence-corrected chi connectivity index (χ3v) is 8.12. The summed E-state index contributed by atoms with van der Waals surface area (Å²) in [4.78, 5) is 24.3. The molecule has 0 aliphatic heterocycles. The van der Waals surface area contributed by atoms with Gasteiger partial charge >= 0.3 is 0 Å². The normalized spacial score (nSPS) is 54.6. The maximum Gasteiger partial charge on any atom is 0.139 e. The van der Waals surface area contributed by atoms with Crippen molar-refractivity contribution >= 4 is 11.6 Å².